The lowest BCUT2D eigenvalue weighted by atomic mass is 10.4. The topological polar surface area (TPSA) is 0 Å². The van der Waals surface area contributed by atoms with Crippen molar-refractivity contribution in [3.05, 3.63) is 0 Å². The van der Waals surface area contributed by atoms with Crippen LogP contribution in [0.5, 0.6) is 0 Å². The van der Waals surface area contributed by atoms with E-state index < -0.39 is 0 Å². The van der Waals surface area contributed by atoms with Gasteiger partial charge < -0.3 is 0 Å². The zero-order valence-electron chi connectivity index (χ0n) is 3.82. The van der Waals surface area contributed by atoms with E-state index in [2.05, 4.69) is 13.8 Å². The molecule has 0 amide bonds. The van der Waals surface area contributed by atoms with E-state index in [4.69, 9.17) is 0 Å². The highest BCUT2D eigenvalue weighted by Crippen LogP contribution is 1.76. The fraction of sp³-hybridized carbons (Fsp3) is 1.00. The minimum absolute atomic E-state index is 0. The van der Waals surface area contributed by atoms with Gasteiger partial charge in [0.25, 0.3) is 0 Å². The molecule has 0 aliphatic heterocycles. The minimum Gasteiger partial charge on any atom is -0.269 e. The molecule has 0 atom stereocenters. The Morgan fingerprint density at radius 1 is 1.00 bits per heavy atom. The van der Waals surface area contributed by atoms with Crippen molar-refractivity contribution < 1.29 is 4.70 Å². The Morgan fingerprint density at radius 3 is 1.17 bits per heavy atom. The molecule has 1 heteroatoms. The molecule has 0 saturated heterocycles. The average Bonchev–Trinajstić information content (AvgIpc) is 1.37. The van der Waals surface area contributed by atoms with E-state index in [-0.39, 0.29) is 12.1 Å². The molecule has 0 radical (unpaired) electrons. The minimum atomic E-state index is 0. The van der Waals surface area contributed by atoms with Crippen molar-refractivity contribution in [2.24, 2.45) is 0 Å². The molecule has 0 saturated carbocycles. The molecular weight excluding hydrogens is 79.1 g/mol. The molecule has 0 unspecified atom stereocenters. The smallest absolute Gasteiger partial charge is 0.0564 e. The molecule has 0 aromatic rings. The molecule has 0 aliphatic rings. The highest BCUT2D eigenvalue weighted by atomic mass is 19.0. The third-order valence-electron chi connectivity index (χ3n) is 0.500. The summed E-state index contributed by atoms with van der Waals surface area (Å²) in [6, 6.07) is 0. The van der Waals surface area contributed by atoms with Crippen molar-refractivity contribution in [1.29, 1.82) is 0 Å². The average molecular weight is 94.2 g/mol. The highest BCUT2D eigenvalue weighted by Gasteiger charge is 1.56. The third kappa shape index (κ3) is 39.0. The number of hydrogen-bond acceptors (Lipinski definition) is 0. The van der Waals surface area contributed by atoms with Crippen molar-refractivity contribution in [2.45, 2.75) is 34.1 Å². The van der Waals surface area contributed by atoms with Crippen LogP contribution in [0.4, 0.5) is 4.70 Å². The summed E-state index contributed by atoms with van der Waals surface area (Å²) in [6.07, 6.45) is 2.64. The summed E-state index contributed by atoms with van der Waals surface area (Å²) in [5.74, 6) is 0. The second-order valence-corrected chi connectivity index (χ2v) is 1.000. The van der Waals surface area contributed by atoms with Crippen molar-refractivity contribution in [3.63, 3.8) is 0 Å². The number of rotatable bonds is 1. The second-order valence-electron chi connectivity index (χ2n) is 1.000. The predicted molar refractivity (Wildman–Crippen MR) is 29.8 cm³/mol. The van der Waals surface area contributed by atoms with Gasteiger partial charge in [0, 0.05) is 0 Å². The van der Waals surface area contributed by atoms with E-state index in [1.807, 2.05) is 0 Å². The van der Waals surface area contributed by atoms with Crippen LogP contribution >= 0.6 is 0 Å². The quantitative estimate of drug-likeness (QED) is 0.468. The summed E-state index contributed by atoms with van der Waals surface area (Å²) in [7, 11) is 0. The van der Waals surface area contributed by atoms with Crippen LogP contribution in [0.3, 0.4) is 0 Å². The zero-order chi connectivity index (χ0) is 3.41. The predicted octanol–water partition coefficient (Wildman–Crippen LogP) is 2.60. The van der Waals surface area contributed by atoms with E-state index in [9.17, 15) is 0 Å². The molecule has 0 rings (SSSR count). The fourth-order valence-electron chi connectivity index (χ4n) is 0. The normalized spacial score (nSPS) is 5.00. The van der Waals surface area contributed by atoms with Gasteiger partial charge >= 0.3 is 0 Å². The molecule has 0 spiro atoms. The van der Waals surface area contributed by atoms with Gasteiger partial charge in [-0.2, -0.15) is 0 Å². The van der Waals surface area contributed by atoms with Gasteiger partial charge in [-0.05, 0) is 0 Å². The molecule has 0 aliphatic carbocycles. The monoisotopic (exact) mass is 94.1 g/mol. The highest BCUT2D eigenvalue weighted by molar-refractivity contribution is 4.12. The first-order chi connectivity index (χ1) is 1.91. The van der Waals surface area contributed by atoms with Gasteiger partial charge in [-0.25, -0.2) is 0 Å². The van der Waals surface area contributed by atoms with Crippen LogP contribution in [0.2, 0.25) is 0 Å². The lowest BCUT2D eigenvalue weighted by molar-refractivity contribution is 0.886. The van der Waals surface area contributed by atoms with Crippen molar-refractivity contribution in [3.8, 4) is 0 Å². The maximum absolute atomic E-state index is 2.18. The summed E-state index contributed by atoms with van der Waals surface area (Å²) in [6.45, 7) is 4.36. The summed E-state index contributed by atoms with van der Waals surface area (Å²) in [4.78, 5) is 0. The summed E-state index contributed by atoms with van der Waals surface area (Å²) < 4.78 is 0. The maximum Gasteiger partial charge on any atom is -0.0564 e. The summed E-state index contributed by atoms with van der Waals surface area (Å²) in [5, 5.41) is 0. The first kappa shape index (κ1) is 16.8. The molecule has 0 N–H and O–H groups in total. The number of halogens is 1. The Morgan fingerprint density at radius 2 is 1.17 bits per heavy atom. The van der Waals surface area contributed by atoms with E-state index in [0.717, 1.165) is 0 Å². The molecule has 6 heavy (non-hydrogen) atoms. The van der Waals surface area contributed by atoms with Gasteiger partial charge in [-0.3, -0.25) is 4.70 Å². The van der Waals surface area contributed by atoms with Crippen molar-refractivity contribution in [1.82, 2.24) is 0 Å². The Bertz CT molecular complexity index is 5.90. The van der Waals surface area contributed by atoms with E-state index >= 15 is 0 Å². The van der Waals surface area contributed by atoms with Crippen LogP contribution in [0.25, 0.3) is 0 Å². The van der Waals surface area contributed by atoms with Crippen LogP contribution in [-0.2, 0) is 0 Å². The van der Waals surface area contributed by atoms with Crippen molar-refractivity contribution in [2.75, 3.05) is 0 Å². The fourth-order valence-corrected chi connectivity index (χ4v) is 0. The van der Waals surface area contributed by atoms with Gasteiger partial charge in [0.1, 0.15) is 0 Å². The summed E-state index contributed by atoms with van der Waals surface area (Å²) in [5.41, 5.74) is 0. The SMILES string of the molecule is C.CCCC.F. The van der Waals surface area contributed by atoms with Crippen LogP contribution in [0.15, 0.2) is 0 Å². The molecule has 0 nitrogen and oxygen atoms in total. The Balaban J connectivity index is -0.0000000450. The largest absolute Gasteiger partial charge is 0.269 e. The van der Waals surface area contributed by atoms with E-state index in [1.54, 1.807) is 0 Å². The lowest BCUT2D eigenvalue weighted by Gasteiger charge is -1.68. The Hall–Kier alpha value is -0.0700. The second kappa shape index (κ2) is 20.4. The Labute approximate surface area is 39.9 Å². The molecular formula is C5H15F. The zero-order valence-corrected chi connectivity index (χ0v) is 3.82. The molecule has 42 valence electrons. The van der Waals surface area contributed by atoms with Gasteiger partial charge in [-0.1, -0.05) is 34.1 Å². The third-order valence-corrected chi connectivity index (χ3v) is 0.500. The van der Waals surface area contributed by atoms with Crippen LogP contribution < -0.4 is 0 Å². The maximum atomic E-state index is 2.18. The van der Waals surface area contributed by atoms with Crippen LogP contribution in [0, 0.1) is 0 Å². The first-order valence-corrected chi connectivity index (χ1v) is 1.91. The van der Waals surface area contributed by atoms with Gasteiger partial charge in [0.2, 0.25) is 0 Å². The first-order valence-electron chi connectivity index (χ1n) is 1.91. The number of hydrogen-bond donors (Lipinski definition) is 0. The van der Waals surface area contributed by atoms with Gasteiger partial charge in [0.15, 0.2) is 0 Å². The summed E-state index contributed by atoms with van der Waals surface area (Å²) >= 11 is 0. The molecule has 0 fully saturated rings. The van der Waals surface area contributed by atoms with Gasteiger partial charge in [-0.15, -0.1) is 0 Å². The lowest BCUT2D eigenvalue weighted by Crippen LogP contribution is -1.47. The van der Waals surface area contributed by atoms with Gasteiger partial charge in [0.05, 0.1) is 0 Å². The van der Waals surface area contributed by atoms with Crippen LogP contribution in [0.1, 0.15) is 34.1 Å². The Kier molecular flexibility index (Phi) is 57.2. The molecule has 0 heterocycles. The van der Waals surface area contributed by atoms with Crippen molar-refractivity contribution >= 4 is 0 Å². The molecule has 0 bridgehead atoms. The van der Waals surface area contributed by atoms with E-state index in [0.29, 0.717) is 0 Å². The van der Waals surface area contributed by atoms with Crippen LogP contribution in [-0.4, -0.2) is 0 Å². The molecule has 0 aromatic carbocycles. The molecule has 0 aromatic heterocycles. The number of unbranched alkanes of at least 4 members (excludes halogenated alkanes) is 1. The van der Waals surface area contributed by atoms with E-state index in [1.165, 1.54) is 12.8 Å². The standard InChI is InChI=1S/C4H10.CH4.FH/c1-3-4-2;;/h3-4H2,1-2H3;1H4;1H.